The van der Waals surface area contributed by atoms with Crippen LogP contribution in [0.3, 0.4) is 0 Å². The average molecular weight is 360 g/mol. The summed E-state index contributed by atoms with van der Waals surface area (Å²) in [5, 5.41) is 1.25. The van der Waals surface area contributed by atoms with E-state index in [-0.39, 0.29) is 5.92 Å². The molecule has 4 rings (SSSR count). The lowest BCUT2D eigenvalue weighted by Gasteiger charge is -2.31. The number of fused-ring (bicyclic) bond motifs is 3. The van der Waals surface area contributed by atoms with Crippen LogP contribution in [0.15, 0.2) is 42.6 Å². The minimum Gasteiger partial charge on any atom is -0.345 e. The Morgan fingerprint density at radius 1 is 1.08 bits per heavy atom. The zero-order chi connectivity index (χ0) is 18.5. The largest absolute Gasteiger partial charge is 0.431 e. The molecule has 2 heterocycles. The number of benzene rings is 1. The van der Waals surface area contributed by atoms with Crippen LogP contribution in [0.1, 0.15) is 30.8 Å². The van der Waals surface area contributed by atoms with Crippen LogP contribution in [0.4, 0.5) is 13.2 Å². The van der Waals surface area contributed by atoms with Crippen LogP contribution in [-0.4, -0.2) is 9.13 Å². The molecule has 2 aromatic heterocycles. The molecule has 0 aliphatic heterocycles. The summed E-state index contributed by atoms with van der Waals surface area (Å²) in [5.74, 6) is 0.549. The van der Waals surface area contributed by atoms with Gasteiger partial charge in [-0.1, -0.05) is 25.1 Å². The topological polar surface area (TPSA) is 9.86 Å². The van der Waals surface area contributed by atoms with Gasteiger partial charge in [0.1, 0.15) is 5.69 Å². The minimum absolute atomic E-state index is 0.201. The number of rotatable bonds is 3. The Morgan fingerprint density at radius 2 is 1.85 bits per heavy atom. The summed E-state index contributed by atoms with van der Waals surface area (Å²) in [6, 6.07) is 11.0. The smallest absolute Gasteiger partial charge is 0.345 e. The van der Waals surface area contributed by atoms with Crippen molar-refractivity contribution in [2.45, 2.75) is 46.0 Å². The Hall–Kier alpha value is -2.17. The molecule has 2 atom stereocenters. The van der Waals surface area contributed by atoms with Crippen LogP contribution in [0.2, 0.25) is 0 Å². The summed E-state index contributed by atoms with van der Waals surface area (Å²) >= 11 is 0. The summed E-state index contributed by atoms with van der Waals surface area (Å²) < 4.78 is 43.4. The van der Waals surface area contributed by atoms with Gasteiger partial charge in [0.15, 0.2) is 0 Å². The highest BCUT2D eigenvalue weighted by molar-refractivity contribution is 5.86. The van der Waals surface area contributed by atoms with Gasteiger partial charge in [-0.2, -0.15) is 13.2 Å². The maximum absolute atomic E-state index is 13.2. The van der Waals surface area contributed by atoms with Crippen molar-refractivity contribution in [2.24, 2.45) is 11.8 Å². The van der Waals surface area contributed by atoms with Crippen LogP contribution >= 0.6 is 0 Å². The molecule has 26 heavy (non-hydrogen) atoms. The molecule has 1 aliphatic carbocycles. The lowest BCUT2D eigenvalue weighted by Crippen LogP contribution is -2.29. The first-order valence-corrected chi connectivity index (χ1v) is 9.21. The third-order valence-electron chi connectivity index (χ3n) is 5.85. The quantitative estimate of drug-likeness (QED) is 0.581. The van der Waals surface area contributed by atoms with Crippen LogP contribution in [0, 0.1) is 11.8 Å². The van der Waals surface area contributed by atoms with E-state index in [9.17, 15) is 13.2 Å². The van der Waals surface area contributed by atoms with E-state index >= 15 is 0 Å². The number of para-hydroxylation sites is 1. The number of hydrogen-bond acceptors (Lipinski definition) is 0. The number of hydrogen-bond donors (Lipinski definition) is 0. The predicted octanol–water partition coefficient (Wildman–Crippen LogP) is 5.53. The molecule has 0 radical (unpaired) electrons. The van der Waals surface area contributed by atoms with E-state index in [1.807, 2.05) is 6.07 Å². The summed E-state index contributed by atoms with van der Waals surface area (Å²) in [7, 11) is 0. The molecule has 0 saturated carbocycles. The second-order valence-electron chi connectivity index (χ2n) is 7.38. The highest BCUT2D eigenvalue weighted by Crippen LogP contribution is 2.38. The molecule has 3 aromatic rings. The molecule has 1 aliphatic rings. The fourth-order valence-corrected chi connectivity index (χ4v) is 4.51. The maximum atomic E-state index is 13.2. The van der Waals surface area contributed by atoms with Crippen molar-refractivity contribution in [3.05, 3.63) is 59.5 Å². The van der Waals surface area contributed by atoms with Gasteiger partial charge in [0.2, 0.25) is 0 Å². The van der Waals surface area contributed by atoms with Gasteiger partial charge in [-0.15, -0.1) is 0 Å². The number of halogens is 3. The third-order valence-corrected chi connectivity index (χ3v) is 5.85. The van der Waals surface area contributed by atoms with Crippen molar-refractivity contribution < 1.29 is 13.2 Å². The van der Waals surface area contributed by atoms with E-state index in [1.165, 1.54) is 38.9 Å². The van der Waals surface area contributed by atoms with E-state index in [2.05, 4.69) is 36.6 Å². The highest BCUT2D eigenvalue weighted by Gasteiger charge is 2.36. The van der Waals surface area contributed by atoms with Gasteiger partial charge in [-0.3, -0.25) is 0 Å². The van der Waals surface area contributed by atoms with Gasteiger partial charge in [0.25, 0.3) is 0 Å². The van der Waals surface area contributed by atoms with Crippen molar-refractivity contribution in [1.29, 1.82) is 0 Å². The summed E-state index contributed by atoms with van der Waals surface area (Å²) in [4.78, 5) is 0. The maximum Gasteiger partial charge on any atom is 0.431 e. The zero-order valence-corrected chi connectivity index (χ0v) is 15.1. The van der Waals surface area contributed by atoms with Crippen molar-refractivity contribution in [1.82, 2.24) is 9.13 Å². The second-order valence-corrected chi connectivity index (χ2v) is 7.38. The summed E-state index contributed by atoms with van der Waals surface area (Å²) in [6.07, 6.45) is -0.990. The van der Waals surface area contributed by atoms with Gasteiger partial charge >= 0.3 is 6.18 Å². The molecular formula is C21H23F3N2. The van der Waals surface area contributed by atoms with Gasteiger partial charge < -0.3 is 9.13 Å². The SMILES string of the molecule is CCn1c2c(c3ccccc31)CC(Cn1cccc1C(F)(F)F)C(C)C2. The van der Waals surface area contributed by atoms with Crippen LogP contribution in [0.25, 0.3) is 10.9 Å². The number of aryl methyl sites for hydroxylation is 1. The first-order chi connectivity index (χ1) is 12.4. The normalized spacial score (nSPS) is 20.5. The van der Waals surface area contributed by atoms with Crippen LogP contribution in [0.5, 0.6) is 0 Å². The molecule has 0 saturated heterocycles. The third kappa shape index (κ3) is 2.74. The zero-order valence-electron chi connectivity index (χ0n) is 15.1. The van der Waals surface area contributed by atoms with Gasteiger partial charge in [-0.25, -0.2) is 0 Å². The molecule has 138 valence electrons. The Balaban J connectivity index is 1.70. The minimum atomic E-state index is -4.30. The molecule has 1 aromatic carbocycles. The molecule has 2 nitrogen and oxygen atoms in total. The number of aromatic nitrogens is 2. The molecule has 0 fully saturated rings. The fourth-order valence-electron chi connectivity index (χ4n) is 4.51. The lowest BCUT2D eigenvalue weighted by atomic mass is 9.78. The molecule has 2 unspecified atom stereocenters. The summed E-state index contributed by atoms with van der Waals surface area (Å²) in [5.41, 5.74) is 3.38. The van der Waals surface area contributed by atoms with E-state index in [4.69, 9.17) is 0 Å². The van der Waals surface area contributed by atoms with E-state index in [0.717, 1.165) is 19.4 Å². The molecule has 0 spiro atoms. The monoisotopic (exact) mass is 360 g/mol. The standard InChI is InChI=1S/C21H23F3N2/c1-3-26-18-8-5-4-7-16(18)17-12-15(14(2)11-19(17)26)13-25-10-6-9-20(25)21(22,23)24/h4-10,14-15H,3,11-13H2,1-2H3. The van der Waals surface area contributed by atoms with E-state index in [1.54, 1.807) is 6.20 Å². The highest BCUT2D eigenvalue weighted by atomic mass is 19.4. The Bertz CT molecular complexity index is 933. The second kappa shape index (κ2) is 6.22. The molecular weight excluding hydrogens is 337 g/mol. The number of alkyl halides is 3. The number of nitrogens with zero attached hydrogens (tertiary/aromatic N) is 2. The van der Waals surface area contributed by atoms with E-state index in [0.29, 0.717) is 12.5 Å². The molecule has 0 N–H and O–H groups in total. The van der Waals surface area contributed by atoms with Gasteiger partial charge in [0, 0.05) is 35.9 Å². The van der Waals surface area contributed by atoms with Crippen molar-refractivity contribution in [3.8, 4) is 0 Å². The van der Waals surface area contributed by atoms with Crippen molar-refractivity contribution >= 4 is 10.9 Å². The van der Waals surface area contributed by atoms with Gasteiger partial charge in [-0.05, 0) is 55.4 Å². The van der Waals surface area contributed by atoms with Crippen LogP contribution < -0.4 is 0 Å². The van der Waals surface area contributed by atoms with Crippen LogP contribution in [-0.2, 0) is 32.1 Å². The Labute approximate surface area is 151 Å². The molecule has 0 amide bonds. The fraction of sp³-hybridized carbons (Fsp3) is 0.429. The first-order valence-electron chi connectivity index (χ1n) is 9.21. The molecule has 5 heteroatoms. The molecule has 0 bridgehead atoms. The van der Waals surface area contributed by atoms with Crippen molar-refractivity contribution in [2.75, 3.05) is 0 Å². The first kappa shape index (κ1) is 17.3. The lowest BCUT2D eigenvalue weighted by molar-refractivity contribution is -0.143. The predicted molar refractivity (Wildman–Crippen MR) is 97.1 cm³/mol. The van der Waals surface area contributed by atoms with E-state index < -0.39 is 11.9 Å². The summed E-state index contributed by atoms with van der Waals surface area (Å²) in [6.45, 7) is 5.65. The average Bonchev–Trinajstić information content (AvgIpc) is 3.17. The Morgan fingerprint density at radius 3 is 2.58 bits per heavy atom. The van der Waals surface area contributed by atoms with Crippen molar-refractivity contribution in [3.63, 3.8) is 0 Å². The Kier molecular flexibility index (Phi) is 4.13. The van der Waals surface area contributed by atoms with Gasteiger partial charge in [0.05, 0.1) is 0 Å².